The molecule has 2 aromatic rings. The maximum Gasteiger partial charge on any atom is 0.0727 e. The van der Waals surface area contributed by atoms with Gasteiger partial charge in [0.25, 0.3) is 0 Å². The smallest absolute Gasteiger partial charge is 0.0727 e. The molecule has 3 rings (SSSR count). The van der Waals surface area contributed by atoms with Crippen LogP contribution in [-0.2, 0) is 6.42 Å². The predicted molar refractivity (Wildman–Crippen MR) is 131 cm³/mol. The van der Waals surface area contributed by atoms with E-state index in [9.17, 15) is 5.26 Å². The Morgan fingerprint density at radius 3 is 2.48 bits per heavy atom. The van der Waals surface area contributed by atoms with Crippen LogP contribution in [0, 0.1) is 11.3 Å². The largest absolute Gasteiger partial charge is 0.372 e. The minimum atomic E-state index is -0.280. The van der Waals surface area contributed by atoms with Gasteiger partial charge in [0.05, 0.1) is 22.5 Å². The molecule has 31 heavy (non-hydrogen) atoms. The average Bonchev–Trinajstić information content (AvgIpc) is 2.81. The molecule has 164 valence electrons. The molecule has 1 aliphatic heterocycles. The Morgan fingerprint density at radius 1 is 1.19 bits per heavy atom. The van der Waals surface area contributed by atoms with E-state index in [-0.39, 0.29) is 5.92 Å². The molecule has 4 nitrogen and oxygen atoms in total. The lowest BCUT2D eigenvalue weighted by atomic mass is 9.96. The van der Waals surface area contributed by atoms with Crippen molar-refractivity contribution < 1.29 is 0 Å². The molecule has 1 aromatic heterocycles. The van der Waals surface area contributed by atoms with Gasteiger partial charge in [-0.2, -0.15) is 5.26 Å². The number of rotatable bonds is 8. The van der Waals surface area contributed by atoms with Gasteiger partial charge in [-0.1, -0.05) is 57.2 Å². The third-order valence-electron chi connectivity index (χ3n) is 6.26. The number of piperazine rings is 1. The van der Waals surface area contributed by atoms with Crippen LogP contribution in [0.3, 0.4) is 0 Å². The van der Waals surface area contributed by atoms with Crippen LogP contribution >= 0.6 is 11.6 Å². The number of unbranched alkanes of at least 4 members (excludes halogenated alkanes) is 1. The molecule has 2 heterocycles. The molecule has 1 unspecified atom stereocenters. The number of aryl methyl sites for hydroxylation is 1. The van der Waals surface area contributed by atoms with Gasteiger partial charge < -0.3 is 9.80 Å². The highest BCUT2D eigenvalue weighted by Crippen LogP contribution is 2.35. The summed E-state index contributed by atoms with van der Waals surface area (Å²) in [5.74, 6) is -0.280. The van der Waals surface area contributed by atoms with Gasteiger partial charge in [-0.15, -0.1) is 0 Å². The molecule has 0 N–H and O–H groups in total. The molecule has 0 spiro atoms. The Hall–Kier alpha value is -2.51. The van der Waals surface area contributed by atoms with E-state index in [1.165, 1.54) is 18.5 Å². The van der Waals surface area contributed by atoms with Gasteiger partial charge in [-0.05, 0) is 37.8 Å². The number of hydrogen-bond donors (Lipinski definition) is 0. The van der Waals surface area contributed by atoms with Gasteiger partial charge in [-0.25, -0.2) is 0 Å². The molecule has 1 aliphatic rings. The fourth-order valence-corrected chi connectivity index (χ4v) is 4.69. The van der Waals surface area contributed by atoms with Crippen molar-refractivity contribution in [1.82, 2.24) is 14.8 Å². The van der Waals surface area contributed by atoms with Crippen molar-refractivity contribution in [1.29, 1.82) is 5.26 Å². The first-order valence-electron chi connectivity index (χ1n) is 11.3. The molecule has 1 fully saturated rings. The second kappa shape index (κ2) is 10.2. The molecule has 5 heteroatoms. The minimum Gasteiger partial charge on any atom is -0.372 e. The second-order valence-corrected chi connectivity index (χ2v) is 8.69. The van der Waals surface area contributed by atoms with Crippen LogP contribution in [0.15, 0.2) is 37.1 Å². The maximum atomic E-state index is 9.40. The summed E-state index contributed by atoms with van der Waals surface area (Å²) in [7, 11) is 0. The maximum absolute atomic E-state index is 9.40. The molecular formula is C26H33ClN4. The zero-order valence-corrected chi connectivity index (χ0v) is 19.8. The number of benzene rings is 1. The number of fused-ring (bicyclic) bond motifs is 1. The predicted octanol–water partition coefficient (Wildman–Crippen LogP) is 6.37. The van der Waals surface area contributed by atoms with E-state index < -0.39 is 0 Å². The summed E-state index contributed by atoms with van der Waals surface area (Å²) in [5.41, 5.74) is 5.95. The molecular weight excluding hydrogens is 404 g/mol. The Kier molecular flexibility index (Phi) is 7.62. The van der Waals surface area contributed by atoms with Crippen molar-refractivity contribution in [2.45, 2.75) is 52.4 Å². The van der Waals surface area contributed by atoms with Crippen LogP contribution in [0.2, 0.25) is 5.02 Å². The summed E-state index contributed by atoms with van der Waals surface area (Å²) in [6.07, 6.45) is 4.23. The Balaban J connectivity index is 1.80. The number of nitrogens with zero attached hydrogens (tertiary/aromatic N) is 4. The molecule has 1 aromatic carbocycles. The fraction of sp³-hybridized carbons (Fsp3) is 0.462. The number of nitriles is 1. The first-order valence-corrected chi connectivity index (χ1v) is 11.7. The average molecular weight is 437 g/mol. The standard InChI is InChI=1S/C26H33ClN4/c1-6-8-9-19(4)30-12-14-31(15-13-30)20(5)21-10-11-22-24(16-21)29-23(7-2)25(26(22)27)18(3)17-28/h10-11,16,18H,4-9,12-15H2,1-3H3. The van der Waals surface area contributed by atoms with Gasteiger partial charge in [-0.3, -0.25) is 4.98 Å². The Labute approximate surface area is 191 Å². The fourth-order valence-electron chi connectivity index (χ4n) is 4.25. The van der Waals surface area contributed by atoms with Gasteiger partial charge in [0.1, 0.15) is 0 Å². The lowest BCUT2D eigenvalue weighted by molar-refractivity contribution is 0.209. The van der Waals surface area contributed by atoms with Crippen LogP contribution in [0.1, 0.15) is 62.8 Å². The number of halogens is 1. The van der Waals surface area contributed by atoms with Crippen molar-refractivity contribution in [3.05, 3.63) is 58.9 Å². The zero-order chi connectivity index (χ0) is 22.5. The summed E-state index contributed by atoms with van der Waals surface area (Å²) < 4.78 is 0. The van der Waals surface area contributed by atoms with E-state index >= 15 is 0 Å². The molecule has 0 radical (unpaired) electrons. The topological polar surface area (TPSA) is 43.2 Å². The normalized spacial score (nSPS) is 15.1. The van der Waals surface area contributed by atoms with E-state index in [0.29, 0.717) is 5.02 Å². The Morgan fingerprint density at radius 2 is 1.87 bits per heavy atom. The number of aromatic nitrogens is 1. The van der Waals surface area contributed by atoms with Gasteiger partial charge in [0.2, 0.25) is 0 Å². The van der Waals surface area contributed by atoms with Gasteiger partial charge in [0, 0.05) is 54.2 Å². The third kappa shape index (κ3) is 4.88. The summed E-state index contributed by atoms with van der Waals surface area (Å²) in [4.78, 5) is 9.62. The van der Waals surface area contributed by atoms with Crippen LogP contribution in [0.5, 0.6) is 0 Å². The number of hydrogen-bond acceptors (Lipinski definition) is 4. The van der Waals surface area contributed by atoms with Crippen LogP contribution in [0.25, 0.3) is 16.6 Å². The molecule has 1 saturated heterocycles. The quantitative estimate of drug-likeness (QED) is 0.482. The first-order chi connectivity index (χ1) is 14.9. The number of pyridine rings is 1. The number of allylic oxidation sites excluding steroid dienone is 1. The van der Waals surface area contributed by atoms with Crippen LogP contribution in [0.4, 0.5) is 0 Å². The zero-order valence-electron chi connectivity index (χ0n) is 19.0. The third-order valence-corrected chi connectivity index (χ3v) is 6.67. The van der Waals surface area contributed by atoms with Crippen molar-refractivity contribution in [2.24, 2.45) is 0 Å². The monoisotopic (exact) mass is 436 g/mol. The van der Waals surface area contributed by atoms with Crippen molar-refractivity contribution in [2.75, 3.05) is 26.2 Å². The van der Waals surface area contributed by atoms with Gasteiger partial charge >= 0.3 is 0 Å². The highest BCUT2D eigenvalue weighted by molar-refractivity contribution is 6.36. The molecule has 1 atom stereocenters. The molecule has 0 saturated carbocycles. The molecule has 0 bridgehead atoms. The highest BCUT2D eigenvalue weighted by Gasteiger charge is 2.21. The van der Waals surface area contributed by atoms with E-state index in [1.54, 1.807) is 0 Å². The summed E-state index contributed by atoms with van der Waals surface area (Å²) in [6, 6.07) is 8.46. The van der Waals surface area contributed by atoms with Crippen molar-refractivity contribution in [3.63, 3.8) is 0 Å². The SMILES string of the molecule is C=C(CCCC)N1CCN(C(=C)c2ccc3c(Cl)c(C(C)C#N)c(CC)nc3c2)CC1. The van der Waals surface area contributed by atoms with E-state index in [2.05, 4.69) is 55.0 Å². The van der Waals surface area contributed by atoms with Crippen molar-refractivity contribution in [3.8, 4) is 6.07 Å². The van der Waals surface area contributed by atoms with E-state index in [0.717, 1.165) is 72.4 Å². The molecule has 0 aliphatic carbocycles. The first kappa shape index (κ1) is 23.2. The summed E-state index contributed by atoms with van der Waals surface area (Å²) >= 11 is 6.72. The van der Waals surface area contributed by atoms with E-state index in [4.69, 9.17) is 16.6 Å². The summed E-state index contributed by atoms with van der Waals surface area (Å²) in [5, 5.41) is 10.9. The highest BCUT2D eigenvalue weighted by atomic mass is 35.5. The minimum absolute atomic E-state index is 0.280. The Bertz CT molecular complexity index is 1010. The van der Waals surface area contributed by atoms with E-state index in [1.807, 2.05) is 13.0 Å². The lowest BCUT2D eigenvalue weighted by Gasteiger charge is -2.39. The van der Waals surface area contributed by atoms with Crippen LogP contribution < -0.4 is 0 Å². The van der Waals surface area contributed by atoms with Crippen molar-refractivity contribution >= 4 is 28.2 Å². The second-order valence-electron chi connectivity index (χ2n) is 8.31. The van der Waals surface area contributed by atoms with Crippen LogP contribution in [-0.4, -0.2) is 41.0 Å². The lowest BCUT2D eigenvalue weighted by Crippen LogP contribution is -2.44. The molecule has 0 amide bonds. The summed E-state index contributed by atoms with van der Waals surface area (Å²) in [6.45, 7) is 18.6. The van der Waals surface area contributed by atoms with Gasteiger partial charge in [0.15, 0.2) is 0 Å².